The Hall–Kier alpha value is -2.58. The number of carbonyl (C=O) groups is 3. The third-order valence-corrected chi connectivity index (χ3v) is 4.31. The summed E-state index contributed by atoms with van der Waals surface area (Å²) in [6.07, 6.45) is -5.12. The zero-order valence-electron chi connectivity index (χ0n) is 13.3. The Labute approximate surface area is 141 Å². The van der Waals surface area contributed by atoms with Crippen molar-refractivity contribution in [3.05, 3.63) is 35.9 Å². The summed E-state index contributed by atoms with van der Waals surface area (Å²) in [4.78, 5) is 36.6. The molecule has 1 aliphatic heterocycles. The van der Waals surface area contributed by atoms with E-state index >= 15 is 0 Å². The van der Waals surface area contributed by atoms with Crippen LogP contribution in [0, 0.1) is 0 Å². The van der Waals surface area contributed by atoms with Gasteiger partial charge in [-0.3, -0.25) is 9.59 Å². The highest BCUT2D eigenvalue weighted by molar-refractivity contribution is 5.96. The largest absolute Gasteiger partial charge is 0.480 e. The number of nitrogens with zero attached hydrogens (tertiary/aromatic N) is 1. The molecule has 9 heteroatoms. The maximum atomic E-state index is 12.9. The molecule has 2 amide bonds. The first-order chi connectivity index (χ1) is 11.6. The average molecular weight is 358 g/mol. The Morgan fingerprint density at radius 1 is 1.24 bits per heavy atom. The fourth-order valence-corrected chi connectivity index (χ4v) is 2.81. The van der Waals surface area contributed by atoms with Gasteiger partial charge in [-0.2, -0.15) is 13.2 Å². The number of hydrogen-bond acceptors (Lipinski definition) is 3. The van der Waals surface area contributed by atoms with E-state index in [1.165, 1.54) is 31.2 Å². The summed E-state index contributed by atoms with van der Waals surface area (Å²) in [5.74, 6) is -4.35. The van der Waals surface area contributed by atoms with Crippen LogP contribution < -0.4 is 5.32 Å². The van der Waals surface area contributed by atoms with Crippen molar-refractivity contribution in [1.82, 2.24) is 10.2 Å². The van der Waals surface area contributed by atoms with Gasteiger partial charge >= 0.3 is 18.1 Å². The molecule has 0 aromatic heterocycles. The molecule has 1 saturated heterocycles. The van der Waals surface area contributed by atoms with Crippen molar-refractivity contribution in [1.29, 1.82) is 0 Å². The number of alkyl halides is 3. The van der Waals surface area contributed by atoms with Gasteiger partial charge in [-0.15, -0.1) is 0 Å². The minimum absolute atomic E-state index is 0.103. The molecular formula is C16H17F3N2O4. The Kier molecular flexibility index (Phi) is 5.05. The van der Waals surface area contributed by atoms with Gasteiger partial charge in [0, 0.05) is 6.54 Å². The van der Waals surface area contributed by atoms with Crippen molar-refractivity contribution in [3.63, 3.8) is 0 Å². The van der Waals surface area contributed by atoms with Gasteiger partial charge in [0.1, 0.15) is 11.6 Å². The third kappa shape index (κ3) is 3.45. The molecular weight excluding hydrogens is 341 g/mol. The van der Waals surface area contributed by atoms with Crippen molar-refractivity contribution in [2.45, 2.75) is 37.5 Å². The van der Waals surface area contributed by atoms with E-state index in [1.54, 1.807) is 11.4 Å². The molecule has 1 aromatic rings. The van der Waals surface area contributed by atoms with Crippen molar-refractivity contribution in [3.8, 4) is 0 Å². The molecule has 1 fully saturated rings. The highest BCUT2D eigenvalue weighted by Gasteiger charge is 2.52. The highest BCUT2D eigenvalue weighted by Crippen LogP contribution is 2.33. The predicted molar refractivity (Wildman–Crippen MR) is 80.4 cm³/mol. The Morgan fingerprint density at radius 3 is 2.24 bits per heavy atom. The number of amides is 2. The molecule has 6 nitrogen and oxygen atoms in total. The minimum atomic E-state index is -5.17. The van der Waals surface area contributed by atoms with Gasteiger partial charge < -0.3 is 15.3 Å². The van der Waals surface area contributed by atoms with Gasteiger partial charge in [0.15, 0.2) is 0 Å². The molecule has 0 spiro atoms. The second-order valence-electron chi connectivity index (χ2n) is 5.72. The van der Waals surface area contributed by atoms with Crippen LogP contribution >= 0.6 is 0 Å². The molecule has 1 aromatic carbocycles. The average Bonchev–Trinajstić information content (AvgIpc) is 2.50. The van der Waals surface area contributed by atoms with Crippen LogP contribution in [0.4, 0.5) is 13.2 Å². The predicted octanol–water partition coefficient (Wildman–Crippen LogP) is 1.66. The van der Waals surface area contributed by atoms with E-state index in [0.717, 1.165) is 4.90 Å². The van der Waals surface area contributed by atoms with Gasteiger partial charge in [-0.1, -0.05) is 37.3 Å². The fraction of sp³-hybridized carbons (Fsp3) is 0.438. The second-order valence-corrected chi connectivity index (χ2v) is 5.72. The van der Waals surface area contributed by atoms with Crippen LogP contribution in [-0.2, 0) is 19.9 Å². The normalized spacial score (nSPS) is 19.5. The maximum absolute atomic E-state index is 12.9. The number of carboxylic acids is 1. The van der Waals surface area contributed by atoms with Crippen LogP contribution in [0.1, 0.15) is 25.3 Å². The van der Waals surface area contributed by atoms with Gasteiger partial charge in [-0.25, -0.2) is 4.79 Å². The summed E-state index contributed by atoms with van der Waals surface area (Å²) in [7, 11) is 0. The van der Waals surface area contributed by atoms with Crippen molar-refractivity contribution in [2.75, 3.05) is 6.54 Å². The van der Waals surface area contributed by atoms with Gasteiger partial charge in [0.2, 0.25) is 0 Å². The Balaban J connectivity index is 2.46. The number of likely N-dealkylation sites (tertiary alicyclic amines) is 1. The minimum Gasteiger partial charge on any atom is -0.480 e. The number of halogens is 3. The SMILES string of the molecule is CCC(NC(=O)C(F)(F)F)(C(=O)N1CC[C@H]1C(=O)O)c1ccccc1. The summed E-state index contributed by atoms with van der Waals surface area (Å²) in [6.45, 7) is 1.56. The van der Waals surface area contributed by atoms with Crippen LogP contribution in [-0.4, -0.2) is 46.6 Å². The van der Waals surface area contributed by atoms with E-state index in [-0.39, 0.29) is 24.9 Å². The third-order valence-electron chi connectivity index (χ3n) is 4.31. The van der Waals surface area contributed by atoms with Crippen LogP contribution in [0.5, 0.6) is 0 Å². The smallest absolute Gasteiger partial charge is 0.471 e. The summed E-state index contributed by atoms with van der Waals surface area (Å²) in [6, 6.07) is 6.41. The number of aliphatic carboxylic acids is 1. The van der Waals surface area contributed by atoms with Crippen LogP contribution in [0.15, 0.2) is 30.3 Å². The number of carboxylic acid groups (broad SMARTS) is 1. The molecule has 0 radical (unpaired) electrons. The lowest BCUT2D eigenvalue weighted by Crippen LogP contribution is -2.65. The topological polar surface area (TPSA) is 86.7 Å². The summed E-state index contributed by atoms with van der Waals surface area (Å²) < 4.78 is 38.3. The van der Waals surface area contributed by atoms with Crippen molar-refractivity contribution < 1.29 is 32.7 Å². The molecule has 0 saturated carbocycles. The monoisotopic (exact) mass is 358 g/mol. The lowest BCUT2D eigenvalue weighted by atomic mass is 9.83. The van der Waals surface area contributed by atoms with Crippen LogP contribution in [0.3, 0.4) is 0 Å². The summed E-state index contributed by atoms with van der Waals surface area (Å²) in [5, 5.41) is 10.9. The molecule has 0 aliphatic carbocycles. The van der Waals surface area contributed by atoms with Crippen LogP contribution in [0.25, 0.3) is 0 Å². The van der Waals surface area contributed by atoms with Crippen molar-refractivity contribution in [2.24, 2.45) is 0 Å². The highest BCUT2D eigenvalue weighted by atomic mass is 19.4. The number of benzene rings is 1. The zero-order valence-corrected chi connectivity index (χ0v) is 13.3. The number of nitrogens with one attached hydrogen (secondary N) is 1. The van der Waals surface area contributed by atoms with E-state index in [0.29, 0.717) is 0 Å². The van der Waals surface area contributed by atoms with E-state index < -0.39 is 35.5 Å². The maximum Gasteiger partial charge on any atom is 0.471 e. The van der Waals surface area contributed by atoms with Gasteiger partial charge in [0.25, 0.3) is 5.91 Å². The lowest BCUT2D eigenvalue weighted by molar-refractivity contribution is -0.178. The number of hydrogen-bond donors (Lipinski definition) is 2. The molecule has 25 heavy (non-hydrogen) atoms. The molecule has 0 bridgehead atoms. The van der Waals surface area contributed by atoms with Crippen LogP contribution in [0.2, 0.25) is 0 Å². The molecule has 1 unspecified atom stereocenters. The first-order valence-corrected chi connectivity index (χ1v) is 7.62. The molecule has 1 aliphatic rings. The van der Waals surface area contributed by atoms with Crippen molar-refractivity contribution >= 4 is 17.8 Å². The molecule has 2 rings (SSSR count). The van der Waals surface area contributed by atoms with E-state index in [1.807, 2.05) is 0 Å². The first kappa shape index (κ1) is 18.8. The first-order valence-electron chi connectivity index (χ1n) is 7.62. The standard InChI is InChI=1S/C16H17F3N2O4/c1-2-15(10-6-4-3-5-7-10,20-13(24)16(17,18)19)14(25)21-9-8-11(21)12(22)23/h3-7,11H,2,8-9H2,1H3,(H,20,24)(H,22,23)/t11-,15?/m0/s1. The molecule has 2 atom stereocenters. The Bertz CT molecular complexity index is 678. The quantitative estimate of drug-likeness (QED) is 0.838. The number of carbonyl (C=O) groups excluding carboxylic acids is 2. The summed E-state index contributed by atoms with van der Waals surface area (Å²) in [5.41, 5.74) is -1.82. The molecule has 136 valence electrons. The lowest BCUT2D eigenvalue weighted by Gasteiger charge is -2.44. The molecule has 2 N–H and O–H groups in total. The van der Waals surface area contributed by atoms with Gasteiger partial charge in [0.05, 0.1) is 0 Å². The van der Waals surface area contributed by atoms with E-state index in [9.17, 15) is 27.6 Å². The van der Waals surface area contributed by atoms with E-state index in [4.69, 9.17) is 5.11 Å². The van der Waals surface area contributed by atoms with Gasteiger partial charge in [-0.05, 0) is 18.4 Å². The fourth-order valence-electron chi connectivity index (χ4n) is 2.81. The molecule has 1 heterocycles. The van der Waals surface area contributed by atoms with E-state index in [2.05, 4.69) is 0 Å². The summed E-state index contributed by atoms with van der Waals surface area (Å²) >= 11 is 0. The number of rotatable bonds is 5. The Morgan fingerprint density at radius 2 is 1.84 bits per heavy atom. The second kappa shape index (κ2) is 6.73. The zero-order chi connectivity index (χ0) is 18.8.